The number of hydrogen-bond acceptors (Lipinski definition) is 6. The third kappa shape index (κ3) is 8.75. The molecule has 0 radical (unpaired) electrons. The summed E-state index contributed by atoms with van der Waals surface area (Å²) in [4.78, 5) is 37.2. The van der Waals surface area contributed by atoms with Crippen LogP contribution in [0.5, 0.6) is 0 Å². The first-order valence-corrected chi connectivity index (χ1v) is 10.9. The summed E-state index contributed by atoms with van der Waals surface area (Å²) in [6.07, 6.45) is 3.80. The second-order valence-corrected chi connectivity index (χ2v) is 10.3. The zero-order valence-electron chi connectivity index (χ0n) is 19.3. The van der Waals surface area contributed by atoms with Gasteiger partial charge in [-0.15, -0.1) is 0 Å². The predicted octanol–water partition coefficient (Wildman–Crippen LogP) is 4.54. The highest BCUT2D eigenvalue weighted by Crippen LogP contribution is 2.37. The highest BCUT2D eigenvalue weighted by atomic mass is 16.6. The molecule has 6 nitrogen and oxygen atoms in total. The zero-order valence-corrected chi connectivity index (χ0v) is 19.3. The van der Waals surface area contributed by atoms with Crippen molar-refractivity contribution >= 4 is 17.9 Å². The third-order valence-electron chi connectivity index (χ3n) is 5.38. The van der Waals surface area contributed by atoms with Crippen molar-refractivity contribution in [3.05, 3.63) is 0 Å². The monoisotopic (exact) mass is 412 g/mol. The summed E-state index contributed by atoms with van der Waals surface area (Å²) in [5.74, 6) is -2.12. The Morgan fingerprint density at radius 3 is 1.76 bits per heavy atom. The van der Waals surface area contributed by atoms with E-state index in [0.717, 1.165) is 19.3 Å². The summed E-state index contributed by atoms with van der Waals surface area (Å²) >= 11 is 0. The minimum atomic E-state index is -0.471. The summed E-state index contributed by atoms with van der Waals surface area (Å²) in [5.41, 5.74) is -0.206. The van der Waals surface area contributed by atoms with Crippen LogP contribution in [0.4, 0.5) is 0 Å². The topological polar surface area (TPSA) is 78.9 Å². The lowest BCUT2D eigenvalue weighted by atomic mass is 9.72. The first-order valence-electron chi connectivity index (χ1n) is 10.9. The number of carbonyl (C=O) groups excluding carboxylic acids is 3. The van der Waals surface area contributed by atoms with E-state index in [1.807, 2.05) is 20.8 Å². The molecule has 29 heavy (non-hydrogen) atoms. The molecule has 1 aliphatic rings. The molecule has 0 saturated heterocycles. The van der Waals surface area contributed by atoms with Crippen molar-refractivity contribution in [2.45, 2.75) is 80.6 Å². The van der Waals surface area contributed by atoms with Crippen molar-refractivity contribution < 1.29 is 28.6 Å². The molecule has 0 N–H and O–H groups in total. The SMILES string of the molecule is CCOC(=O)C1CCCCC1C(=O)OCCOC(=O)C(CC(C)(C)C)C(C)(C)C. The number of hydrogen-bond donors (Lipinski definition) is 0. The third-order valence-corrected chi connectivity index (χ3v) is 5.38. The Morgan fingerprint density at radius 1 is 0.828 bits per heavy atom. The van der Waals surface area contributed by atoms with E-state index in [4.69, 9.17) is 14.2 Å². The maximum atomic E-state index is 12.6. The van der Waals surface area contributed by atoms with Crippen LogP contribution in [0.3, 0.4) is 0 Å². The van der Waals surface area contributed by atoms with Crippen molar-refractivity contribution in [3.63, 3.8) is 0 Å². The summed E-state index contributed by atoms with van der Waals surface area (Å²) in [6, 6.07) is 0. The first-order chi connectivity index (χ1) is 13.4. The van der Waals surface area contributed by atoms with Gasteiger partial charge in [-0.3, -0.25) is 14.4 Å². The first kappa shape index (κ1) is 25.4. The van der Waals surface area contributed by atoms with Gasteiger partial charge in [0.2, 0.25) is 0 Å². The largest absolute Gasteiger partial charge is 0.466 e. The van der Waals surface area contributed by atoms with Crippen LogP contribution in [0.2, 0.25) is 0 Å². The van der Waals surface area contributed by atoms with Crippen LogP contribution < -0.4 is 0 Å². The number of rotatable bonds is 8. The molecule has 0 aromatic heterocycles. The Balaban J connectivity index is 2.53. The summed E-state index contributed by atoms with van der Waals surface area (Å²) in [5, 5.41) is 0. The molecule has 0 amide bonds. The molecule has 1 rings (SSSR count). The summed E-state index contributed by atoms with van der Waals surface area (Å²) in [7, 11) is 0. The molecule has 3 unspecified atom stereocenters. The van der Waals surface area contributed by atoms with Gasteiger partial charge in [-0.1, -0.05) is 54.4 Å². The number of esters is 3. The van der Waals surface area contributed by atoms with Crippen LogP contribution in [0.25, 0.3) is 0 Å². The fraction of sp³-hybridized carbons (Fsp3) is 0.870. The molecule has 6 heteroatoms. The Morgan fingerprint density at radius 2 is 1.31 bits per heavy atom. The van der Waals surface area contributed by atoms with E-state index in [-0.39, 0.29) is 41.9 Å². The van der Waals surface area contributed by atoms with Crippen LogP contribution in [0, 0.1) is 28.6 Å². The molecule has 0 spiro atoms. The van der Waals surface area contributed by atoms with Gasteiger partial charge in [-0.25, -0.2) is 0 Å². The van der Waals surface area contributed by atoms with Crippen molar-refractivity contribution in [2.75, 3.05) is 19.8 Å². The Bertz CT molecular complexity index is 555. The minimum Gasteiger partial charge on any atom is -0.466 e. The van der Waals surface area contributed by atoms with E-state index in [1.54, 1.807) is 6.92 Å². The Hall–Kier alpha value is -1.59. The smallest absolute Gasteiger partial charge is 0.309 e. The van der Waals surface area contributed by atoms with E-state index in [2.05, 4.69) is 20.8 Å². The fourth-order valence-corrected chi connectivity index (χ4v) is 3.79. The lowest BCUT2D eigenvalue weighted by Gasteiger charge is -2.33. The molecule has 1 saturated carbocycles. The maximum Gasteiger partial charge on any atom is 0.309 e. The van der Waals surface area contributed by atoms with Gasteiger partial charge in [0.15, 0.2) is 0 Å². The molecule has 1 aliphatic carbocycles. The van der Waals surface area contributed by atoms with E-state index in [0.29, 0.717) is 19.4 Å². The van der Waals surface area contributed by atoms with Crippen LogP contribution in [-0.2, 0) is 28.6 Å². The molecule has 3 atom stereocenters. The lowest BCUT2D eigenvalue weighted by Crippen LogP contribution is -2.36. The molecule has 168 valence electrons. The molecule has 0 aromatic carbocycles. The van der Waals surface area contributed by atoms with Crippen LogP contribution in [0.15, 0.2) is 0 Å². The quantitative estimate of drug-likeness (QED) is 0.331. The van der Waals surface area contributed by atoms with Crippen LogP contribution >= 0.6 is 0 Å². The predicted molar refractivity (Wildman–Crippen MR) is 111 cm³/mol. The standard InChI is InChI=1S/C23H40O6/c1-8-27-19(24)16-11-9-10-12-17(16)20(25)28-13-14-29-21(26)18(23(5,6)7)15-22(2,3)4/h16-18H,8-15H2,1-7H3. The van der Waals surface area contributed by atoms with E-state index in [1.165, 1.54) is 0 Å². The molecule has 0 heterocycles. The van der Waals surface area contributed by atoms with Gasteiger partial charge in [0.25, 0.3) is 0 Å². The Labute approximate surface area is 176 Å². The highest BCUT2D eigenvalue weighted by molar-refractivity contribution is 5.82. The normalized spacial score (nSPS) is 21.2. The van der Waals surface area contributed by atoms with Crippen molar-refractivity contribution in [1.29, 1.82) is 0 Å². The van der Waals surface area contributed by atoms with E-state index < -0.39 is 17.8 Å². The molecule has 0 aliphatic heterocycles. The van der Waals surface area contributed by atoms with Gasteiger partial charge in [0.05, 0.1) is 24.4 Å². The average Bonchev–Trinajstić information content (AvgIpc) is 2.61. The van der Waals surface area contributed by atoms with Gasteiger partial charge < -0.3 is 14.2 Å². The van der Waals surface area contributed by atoms with Crippen molar-refractivity contribution in [3.8, 4) is 0 Å². The van der Waals surface area contributed by atoms with E-state index in [9.17, 15) is 14.4 Å². The second kappa shape index (κ2) is 11.0. The molecule has 1 fully saturated rings. The van der Waals surface area contributed by atoms with Gasteiger partial charge in [0.1, 0.15) is 13.2 Å². The number of ether oxygens (including phenoxy) is 3. The van der Waals surface area contributed by atoms with Crippen LogP contribution in [0.1, 0.15) is 80.6 Å². The molecular weight excluding hydrogens is 372 g/mol. The molecular formula is C23H40O6. The number of carbonyl (C=O) groups is 3. The fourth-order valence-electron chi connectivity index (χ4n) is 3.79. The molecule has 0 bridgehead atoms. The summed E-state index contributed by atoms with van der Waals surface area (Å²) in [6.45, 7) is 14.5. The zero-order chi connectivity index (χ0) is 22.2. The molecule has 0 aromatic rings. The van der Waals surface area contributed by atoms with Gasteiger partial charge in [-0.05, 0) is 37.0 Å². The minimum absolute atomic E-state index is 0.00298. The van der Waals surface area contributed by atoms with E-state index >= 15 is 0 Å². The highest BCUT2D eigenvalue weighted by Gasteiger charge is 2.38. The van der Waals surface area contributed by atoms with Crippen molar-refractivity contribution in [1.82, 2.24) is 0 Å². The average molecular weight is 413 g/mol. The van der Waals surface area contributed by atoms with Gasteiger partial charge >= 0.3 is 17.9 Å². The second-order valence-electron chi connectivity index (χ2n) is 10.3. The Kier molecular flexibility index (Phi) is 9.63. The maximum absolute atomic E-state index is 12.6. The lowest BCUT2D eigenvalue weighted by molar-refractivity contribution is -0.166. The van der Waals surface area contributed by atoms with Crippen LogP contribution in [-0.4, -0.2) is 37.7 Å². The summed E-state index contributed by atoms with van der Waals surface area (Å²) < 4.78 is 15.9. The van der Waals surface area contributed by atoms with Gasteiger partial charge in [0, 0.05) is 0 Å². The van der Waals surface area contributed by atoms with Crippen molar-refractivity contribution in [2.24, 2.45) is 28.6 Å². The van der Waals surface area contributed by atoms with Gasteiger partial charge in [-0.2, -0.15) is 0 Å².